The monoisotopic (exact) mass is 932 g/mol. The Balaban J connectivity index is 3.47. The Hall–Kier alpha value is -1.40. The molecule has 2 atom stereocenters. The quantitative estimate of drug-likeness (QED) is 0.0321. The van der Waals surface area contributed by atoms with E-state index in [4.69, 9.17) is 4.74 Å². The van der Waals surface area contributed by atoms with E-state index in [0.717, 1.165) is 57.8 Å². The molecule has 0 aliphatic heterocycles. The lowest BCUT2D eigenvalue weighted by atomic mass is 10.0. The van der Waals surface area contributed by atoms with E-state index in [2.05, 4.69) is 19.2 Å². The van der Waals surface area contributed by atoms with Gasteiger partial charge < -0.3 is 20.3 Å². The highest BCUT2D eigenvalue weighted by Crippen LogP contribution is 2.18. The first-order valence-corrected chi connectivity index (χ1v) is 30.0. The Kier molecular flexibility index (Phi) is 55.0. The summed E-state index contributed by atoms with van der Waals surface area (Å²) in [5.74, 6) is -0.0773. The van der Waals surface area contributed by atoms with Gasteiger partial charge in [-0.15, -0.1) is 0 Å². The van der Waals surface area contributed by atoms with Crippen LogP contribution in [0, 0.1) is 0 Å². The molecule has 0 heterocycles. The predicted octanol–water partition coefficient (Wildman–Crippen LogP) is 18.5. The van der Waals surface area contributed by atoms with Gasteiger partial charge in [0.2, 0.25) is 5.91 Å². The van der Waals surface area contributed by atoms with E-state index in [9.17, 15) is 19.8 Å². The molecular formula is C60H117NO5. The van der Waals surface area contributed by atoms with Gasteiger partial charge in [-0.3, -0.25) is 9.59 Å². The molecule has 0 aliphatic carbocycles. The molecule has 0 saturated carbocycles. The van der Waals surface area contributed by atoms with E-state index in [1.165, 1.54) is 250 Å². The van der Waals surface area contributed by atoms with E-state index in [1.54, 1.807) is 6.08 Å². The van der Waals surface area contributed by atoms with E-state index in [-0.39, 0.29) is 18.5 Å². The molecule has 2 unspecified atom stereocenters. The van der Waals surface area contributed by atoms with Crippen LogP contribution < -0.4 is 5.32 Å². The number of nitrogens with one attached hydrogen (secondary N) is 1. The van der Waals surface area contributed by atoms with Crippen LogP contribution in [0.1, 0.15) is 335 Å². The lowest BCUT2D eigenvalue weighted by Gasteiger charge is -2.20. The van der Waals surface area contributed by atoms with Crippen LogP contribution in [-0.4, -0.2) is 47.4 Å². The highest BCUT2D eigenvalue weighted by atomic mass is 16.5. The fraction of sp³-hybridized carbons (Fsp3) is 0.933. The first-order valence-electron chi connectivity index (χ1n) is 30.0. The number of carbonyl (C=O) groups excluding carboxylic acids is 2. The summed E-state index contributed by atoms with van der Waals surface area (Å²) >= 11 is 0. The second-order valence-electron chi connectivity index (χ2n) is 20.7. The third-order valence-electron chi connectivity index (χ3n) is 14.1. The van der Waals surface area contributed by atoms with Crippen molar-refractivity contribution < 1.29 is 24.5 Å². The minimum absolute atomic E-state index is 0.00281. The van der Waals surface area contributed by atoms with Crippen molar-refractivity contribution in [2.45, 2.75) is 347 Å². The zero-order chi connectivity index (χ0) is 47.9. The summed E-state index contributed by atoms with van der Waals surface area (Å²) in [5.41, 5.74) is 0. The normalized spacial score (nSPS) is 12.6. The van der Waals surface area contributed by atoms with E-state index < -0.39 is 12.1 Å². The standard InChI is InChI=1S/C60H117NO5/c1-3-5-7-9-11-13-15-16-17-18-19-20-21-22-23-24-25-26-29-33-36-40-44-48-52-58(63)57(56-62)61-59(64)53-49-45-41-37-34-30-27-28-31-35-39-43-47-51-55-66-60(65)54-50-46-42-38-32-14-12-10-8-6-4-2/h48,52,57-58,62-63H,3-47,49-51,53-56H2,1-2H3,(H,61,64)/b52-48+. The third-order valence-corrected chi connectivity index (χ3v) is 14.1. The molecule has 6 heteroatoms. The van der Waals surface area contributed by atoms with Crippen molar-refractivity contribution in [1.82, 2.24) is 5.32 Å². The molecule has 0 saturated heterocycles. The lowest BCUT2D eigenvalue weighted by molar-refractivity contribution is -0.143. The first-order chi connectivity index (χ1) is 32.5. The van der Waals surface area contributed by atoms with Gasteiger partial charge in [0.05, 0.1) is 25.4 Å². The second kappa shape index (κ2) is 56.2. The number of hydrogen-bond acceptors (Lipinski definition) is 5. The van der Waals surface area contributed by atoms with Gasteiger partial charge in [0, 0.05) is 12.8 Å². The summed E-state index contributed by atoms with van der Waals surface area (Å²) in [6.45, 7) is 4.90. The second-order valence-corrected chi connectivity index (χ2v) is 20.7. The summed E-state index contributed by atoms with van der Waals surface area (Å²) in [7, 11) is 0. The number of allylic oxidation sites excluding steroid dienone is 1. The minimum Gasteiger partial charge on any atom is -0.466 e. The zero-order valence-electron chi connectivity index (χ0n) is 44.7. The fourth-order valence-corrected chi connectivity index (χ4v) is 9.46. The Morgan fingerprint density at radius 2 is 0.697 bits per heavy atom. The van der Waals surface area contributed by atoms with Crippen LogP contribution in [0.4, 0.5) is 0 Å². The van der Waals surface area contributed by atoms with Gasteiger partial charge in [-0.05, 0) is 32.1 Å². The van der Waals surface area contributed by atoms with Gasteiger partial charge in [0.15, 0.2) is 0 Å². The van der Waals surface area contributed by atoms with Crippen LogP contribution in [0.25, 0.3) is 0 Å². The summed E-state index contributed by atoms with van der Waals surface area (Å²) in [6, 6.07) is -0.636. The highest BCUT2D eigenvalue weighted by molar-refractivity contribution is 5.76. The maximum absolute atomic E-state index is 12.5. The predicted molar refractivity (Wildman–Crippen MR) is 287 cm³/mol. The molecular weight excluding hydrogens is 815 g/mol. The molecule has 0 aliphatic rings. The van der Waals surface area contributed by atoms with Gasteiger partial charge in [-0.1, -0.05) is 302 Å². The van der Waals surface area contributed by atoms with Crippen LogP contribution >= 0.6 is 0 Å². The molecule has 0 aromatic rings. The van der Waals surface area contributed by atoms with Crippen molar-refractivity contribution in [3.63, 3.8) is 0 Å². The topological polar surface area (TPSA) is 95.9 Å². The molecule has 0 radical (unpaired) electrons. The van der Waals surface area contributed by atoms with Crippen molar-refractivity contribution >= 4 is 11.9 Å². The van der Waals surface area contributed by atoms with E-state index >= 15 is 0 Å². The maximum Gasteiger partial charge on any atom is 0.305 e. The molecule has 0 aromatic carbocycles. The van der Waals surface area contributed by atoms with E-state index in [1.807, 2.05) is 6.08 Å². The lowest BCUT2D eigenvalue weighted by Crippen LogP contribution is -2.45. The number of amides is 1. The van der Waals surface area contributed by atoms with Gasteiger partial charge in [0.1, 0.15) is 0 Å². The molecule has 66 heavy (non-hydrogen) atoms. The number of aliphatic hydroxyl groups excluding tert-OH is 2. The van der Waals surface area contributed by atoms with Crippen LogP contribution in [0.5, 0.6) is 0 Å². The number of rotatable bonds is 56. The number of ether oxygens (including phenoxy) is 1. The minimum atomic E-state index is -0.852. The van der Waals surface area contributed by atoms with Crippen LogP contribution in [0.2, 0.25) is 0 Å². The summed E-state index contributed by atoms with van der Waals surface area (Å²) in [4.78, 5) is 24.5. The number of unbranched alkanes of at least 4 members (excludes halogenated alkanes) is 45. The van der Waals surface area contributed by atoms with Crippen LogP contribution in [-0.2, 0) is 14.3 Å². The van der Waals surface area contributed by atoms with Crippen molar-refractivity contribution in [2.75, 3.05) is 13.2 Å². The van der Waals surface area contributed by atoms with E-state index in [0.29, 0.717) is 19.4 Å². The summed E-state index contributed by atoms with van der Waals surface area (Å²) in [6.07, 6.45) is 66.7. The Morgan fingerprint density at radius 1 is 0.409 bits per heavy atom. The van der Waals surface area contributed by atoms with Crippen molar-refractivity contribution in [2.24, 2.45) is 0 Å². The van der Waals surface area contributed by atoms with Gasteiger partial charge in [-0.2, -0.15) is 0 Å². The molecule has 0 bridgehead atoms. The number of hydrogen-bond donors (Lipinski definition) is 3. The Labute approximate surface area is 412 Å². The number of carbonyl (C=O) groups is 2. The van der Waals surface area contributed by atoms with Crippen molar-refractivity contribution in [3.8, 4) is 0 Å². The van der Waals surface area contributed by atoms with Crippen LogP contribution in [0.15, 0.2) is 12.2 Å². The molecule has 0 aromatic heterocycles. The number of esters is 1. The van der Waals surface area contributed by atoms with Crippen molar-refractivity contribution in [1.29, 1.82) is 0 Å². The molecule has 392 valence electrons. The largest absolute Gasteiger partial charge is 0.466 e. The van der Waals surface area contributed by atoms with Crippen LogP contribution in [0.3, 0.4) is 0 Å². The zero-order valence-corrected chi connectivity index (χ0v) is 44.7. The third kappa shape index (κ3) is 52.0. The molecule has 0 spiro atoms. The first kappa shape index (κ1) is 64.6. The maximum atomic E-state index is 12.5. The fourth-order valence-electron chi connectivity index (χ4n) is 9.46. The molecule has 1 amide bonds. The summed E-state index contributed by atoms with van der Waals surface area (Å²) in [5, 5.41) is 23.2. The SMILES string of the molecule is CCCCCCCCCCCCCCCCCCCCCCCC/C=C/C(O)C(CO)NC(=O)CCCCCCCCCCCCCCCCOC(=O)CCCCCCCCCCCCC. The Bertz CT molecular complexity index is 986. The smallest absolute Gasteiger partial charge is 0.305 e. The number of aliphatic hydroxyl groups is 2. The van der Waals surface area contributed by atoms with Gasteiger partial charge in [-0.25, -0.2) is 0 Å². The molecule has 0 rings (SSSR count). The average Bonchev–Trinajstić information content (AvgIpc) is 3.32. The molecule has 0 fully saturated rings. The molecule has 6 nitrogen and oxygen atoms in total. The van der Waals surface area contributed by atoms with Crippen molar-refractivity contribution in [3.05, 3.63) is 12.2 Å². The summed E-state index contributed by atoms with van der Waals surface area (Å²) < 4.78 is 5.46. The molecule has 3 N–H and O–H groups in total. The van der Waals surface area contributed by atoms with Gasteiger partial charge >= 0.3 is 5.97 Å². The Morgan fingerprint density at radius 3 is 1.03 bits per heavy atom. The average molecular weight is 933 g/mol. The highest BCUT2D eigenvalue weighted by Gasteiger charge is 2.18. The van der Waals surface area contributed by atoms with Gasteiger partial charge in [0.25, 0.3) is 0 Å².